The average molecular weight is 447 g/mol. The van der Waals surface area contributed by atoms with Crippen molar-refractivity contribution in [3.63, 3.8) is 0 Å². The first kappa shape index (κ1) is 21.8. The summed E-state index contributed by atoms with van der Waals surface area (Å²) in [6.45, 7) is 8.35. The van der Waals surface area contributed by atoms with Crippen LogP contribution >= 0.6 is 11.3 Å². The second kappa shape index (κ2) is 9.36. The molecule has 0 unspecified atom stereocenters. The number of amides is 1. The van der Waals surface area contributed by atoms with E-state index in [2.05, 4.69) is 29.0 Å². The molecule has 0 bridgehead atoms. The van der Waals surface area contributed by atoms with Crippen LogP contribution in [-0.2, 0) is 6.54 Å². The topological polar surface area (TPSA) is 67.2 Å². The number of hydrogen-bond acceptors (Lipinski definition) is 5. The largest absolute Gasteiger partial charge is 0.372 e. The molecule has 6 nitrogen and oxygen atoms in total. The van der Waals surface area contributed by atoms with E-state index in [1.54, 1.807) is 10.9 Å². The zero-order valence-corrected chi connectivity index (χ0v) is 19.3. The van der Waals surface area contributed by atoms with Crippen molar-refractivity contribution in [1.82, 2.24) is 9.55 Å². The molecule has 0 aliphatic rings. The molecule has 4 rings (SSSR count). The van der Waals surface area contributed by atoms with Crippen LogP contribution < -0.4 is 15.8 Å². The highest BCUT2D eigenvalue weighted by molar-refractivity contribution is 7.20. The first-order valence-corrected chi connectivity index (χ1v) is 11.5. The molecule has 0 aliphatic carbocycles. The Hall–Kier alpha value is -3.45. The summed E-state index contributed by atoms with van der Waals surface area (Å²) in [5, 5.41) is 3.46. The van der Waals surface area contributed by atoms with Gasteiger partial charge in [-0.1, -0.05) is 30.3 Å². The summed E-state index contributed by atoms with van der Waals surface area (Å²) in [6.07, 6.45) is 1.56. The van der Waals surface area contributed by atoms with Crippen molar-refractivity contribution in [1.29, 1.82) is 0 Å². The van der Waals surface area contributed by atoms with Crippen molar-refractivity contribution >= 4 is 38.8 Å². The van der Waals surface area contributed by atoms with E-state index in [0.717, 1.165) is 30.0 Å². The van der Waals surface area contributed by atoms with E-state index in [0.29, 0.717) is 27.2 Å². The minimum atomic E-state index is -0.227. The highest BCUT2D eigenvalue weighted by Crippen LogP contribution is 2.28. The molecule has 0 radical (unpaired) electrons. The van der Waals surface area contributed by atoms with E-state index in [1.165, 1.54) is 11.3 Å². The Labute approximate surface area is 191 Å². The van der Waals surface area contributed by atoms with Crippen molar-refractivity contribution in [2.75, 3.05) is 23.3 Å². The zero-order chi connectivity index (χ0) is 22.7. The van der Waals surface area contributed by atoms with E-state index in [1.807, 2.05) is 61.5 Å². The first-order chi connectivity index (χ1) is 15.5. The van der Waals surface area contributed by atoms with Crippen LogP contribution in [0.25, 0.3) is 10.2 Å². The summed E-state index contributed by atoms with van der Waals surface area (Å²) >= 11 is 1.25. The lowest BCUT2D eigenvalue weighted by Crippen LogP contribution is -2.21. The standard InChI is InChI=1S/C25H26N4O2S/c1-4-28(5-2)20-13-11-19(12-14-20)27-23(30)22-17(3)21-24(32-22)26-16-29(25(21)31)15-18-9-7-6-8-10-18/h6-14,16H,4-5,15H2,1-3H3,(H,27,30). The highest BCUT2D eigenvalue weighted by Gasteiger charge is 2.20. The molecule has 164 valence electrons. The van der Waals surface area contributed by atoms with Crippen LogP contribution in [0.3, 0.4) is 0 Å². The summed E-state index contributed by atoms with van der Waals surface area (Å²) in [4.78, 5) is 33.9. The van der Waals surface area contributed by atoms with Gasteiger partial charge in [-0.05, 0) is 56.2 Å². The molecule has 0 fully saturated rings. The minimum Gasteiger partial charge on any atom is -0.372 e. The lowest BCUT2D eigenvalue weighted by Gasteiger charge is -2.21. The molecule has 2 aromatic heterocycles. The maximum absolute atomic E-state index is 13.1. The van der Waals surface area contributed by atoms with Gasteiger partial charge < -0.3 is 10.2 Å². The number of hydrogen-bond donors (Lipinski definition) is 1. The summed E-state index contributed by atoms with van der Waals surface area (Å²) < 4.78 is 1.59. The van der Waals surface area contributed by atoms with Crippen LogP contribution in [0.15, 0.2) is 65.7 Å². The number of carbonyl (C=O) groups is 1. The quantitative estimate of drug-likeness (QED) is 0.438. The van der Waals surface area contributed by atoms with Gasteiger partial charge in [-0.2, -0.15) is 0 Å². The third-order valence-corrected chi connectivity index (χ3v) is 6.77. The van der Waals surface area contributed by atoms with E-state index in [9.17, 15) is 9.59 Å². The number of fused-ring (bicyclic) bond motifs is 1. The molecule has 32 heavy (non-hydrogen) atoms. The second-order valence-corrected chi connectivity index (χ2v) is 8.57. The average Bonchev–Trinajstić information content (AvgIpc) is 3.15. The SMILES string of the molecule is CCN(CC)c1ccc(NC(=O)c2sc3ncn(Cc4ccccc4)c(=O)c3c2C)cc1. The number of nitrogens with one attached hydrogen (secondary N) is 1. The molecular weight excluding hydrogens is 420 g/mol. The van der Waals surface area contributed by atoms with Crippen molar-refractivity contribution < 1.29 is 4.79 Å². The predicted molar refractivity (Wildman–Crippen MR) is 132 cm³/mol. The van der Waals surface area contributed by atoms with E-state index >= 15 is 0 Å². The molecule has 1 amide bonds. The first-order valence-electron chi connectivity index (χ1n) is 10.7. The van der Waals surface area contributed by atoms with Crippen LogP contribution in [0.4, 0.5) is 11.4 Å². The van der Waals surface area contributed by atoms with Crippen molar-refractivity contribution in [3.05, 3.63) is 87.3 Å². The summed E-state index contributed by atoms with van der Waals surface area (Å²) in [5.74, 6) is -0.227. The van der Waals surface area contributed by atoms with Gasteiger partial charge in [0.25, 0.3) is 11.5 Å². The lowest BCUT2D eigenvalue weighted by atomic mass is 10.2. The van der Waals surface area contributed by atoms with Crippen LogP contribution in [-0.4, -0.2) is 28.5 Å². The molecule has 4 aromatic rings. The van der Waals surface area contributed by atoms with E-state index < -0.39 is 0 Å². The van der Waals surface area contributed by atoms with Crippen LogP contribution in [0.2, 0.25) is 0 Å². The van der Waals surface area contributed by atoms with Gasteiger partial charge in [0.2, 0.25) is 0 Å². The number of nitrogens with zero attached hydrogens (tertiary/aromatic N) is 3. The lowest BCUT2D eigenvalue weighted by molar-refractivity contribution is 0.103. The number of thiophene rings is 1. The fourth-order valence-electron chi connectivity index (χ4n) is 3.80. The maximum Gasteiger partial charge on any atom is 0.266 e. The molecule has 0 aliphatic heterocycles. The van der Waals surface area contributed by atoms with Gasteiger partial charge in [0.05, 0.1) is 23.1 Å². The molecule has 0 spiro atoms. The summed E-state index contributed by atoms with van der Waals surface area (Å²) in [7, 11) is 0. The normalized spacial score (nSPS) is 11.0. The highest BCUT2D eigenvalue weighted by atomic mass is 32.1. The van der Waals surface area contributed by atoms with Gasteiger partial charge in [-0.15, -0.1) is 11.3 Å². The van der Waals surface area contributed by atoms with E-state index in [-0.39, 0.29) is 11.5 Å². The Kier molecular flexibility index (Phi) is 6.37. The third kappa shape index (κ3) is 4.29. The van der Waals surface area contributed by atoms with Gasteiger partial charge in [0.1, 0.15) is 4.83 Å². The smallest absolute Gasteiger partial charge is 0.266 e. The number of aromatic nitrogens is 2. The number of rotatable bonds is 7. The summed E-state index contributed by atoms with van der Waals surface area (Å²) in [6, 6.07) is 17.6. The summed E-state index contributed by atoms with van der Waals surface area (Å²) in [5.41, 5.74) is 3.40. The van der Waals surface area contributed by atoms with Crippen molar-refractivity contribution in [2.24, 2.45) is 0 Å². The van der Waals surface area contributed by atoms with Crippen LogP contribution in [0.5, 0.6) is 0 Å². The number of carbonyl (C=O) groups excluding carboxylic acids is 1. The fraction of sp³-hybridized carbons (Fsp3) is 0.240. The molecule has 0 saturated carbocycles. The Balaban J connectivity index is 1.59. The molecular formula is C25H26N4O2S. The molecule has 0 saturated heterocycles. The predicted octanol–water partition coefficient (Wildman–Crippen LogP) is 4.91. The Morgan fingerprint density at radius 3 is 2.41 bits per heavy atom. The minimum absolute atomic E-state index is 0.129. The van der Waals surface area contributed by atoms with Gasteiger partial charge in [0, 0.05) is 24.5 Å². The Morgan fingerprint density at radius 1 is 1.06 bits per heavy atom. The number of aryl methyl sites for hydroxylation is 1. The number of anilines is 2. The molecule has 2 aromatic carbocycles. The van der Waals surface area contributed by atoms with Gasteiger partial charge in [0.15, 0.2) is 0 Å². The zero-order valence-electron chi connectivity index (χ0n) is 18.5. The van der Waals surface area contributed by atoms with Crippen molar-refractivity contribution in [2.45, 2.75) is 27.3 Å². The van der Waals surface area contributed by atoms with Gasteiger partial charge in [-0.25, -0.2) is 4.98 Å². The van der Waals surface area contributed by atoms with Gasteiger partial charge >= 0.3 is 0 Å². The fourth-order valence-corrected chi connectivity index (χ4v) is 4.84. The molecule has 0 atom stereocenters. The number of benzene rings is 2. The molecule has 7 heteroatoms. The van der Waals surface area contributed by atoms with Crippen LogP contribution in [0.1, 0.15) is 34.6 Å². The Morgan fingerprint density at radius 2 is 1.75 bits per heavy atom. The molecule has 2 heterocycles. The van der Waals surface area contributed by atoms with Gasteiger partial charge in [-0.3, -0.25) is 14.2 Å². The Bertz CT molecular complexity index is 1290. The van der Waals surface area contributed by atoms with E-state index in [4.69, 9.17) is 0 Å². The second-order valence-electron chi connectivity index (χ2n) is 7.57. The van der Waals surface area contributed by atoms with Crippen LogP contribution in [0, 0.1) is 6.92 Å². The maximum atomic E-state index is 13.1. The molecule has 1 N–H and O–H groups in total. The third-order valence-electron chi connectivity index (χ3n) is 5.57. The monoisotopic (exact) mass is 446 g/mol. The van der Waals surface area contributed by atoms with Crippen molar-refractivity contribution in [3.8, 4) is 0 Å².